The molecule has 8 nitrogen and oxygen atoms in total. The number of carbonyl (C=O) groups excluding carboxylic acids is 2. The summed E-state index contributed by atoms with van der Waals surface area (Å²) in [6.45, 7) is 7.78. The number of hydrogen-bond acceptors (Lipinski definition) is 6. The summed E-state index contributed by atoms with van der Waals surface area (Å²) in [5.74, 6) is -2.99. The van der Waals surface area contributed by atoms with Gasteiger partial charge in [-0.3, -0.25) is 4.79 Å². The molecule has 0 saturated carbocycles. The number of ether oxygens (including phenoxy) is 1. The largest absolute Gasteiger partial charge is 0.462 e. The molecule has 1 aliphatic heterocycles. The second kappa shape index (κ2) is 11.4. The normalized spacial score (nSPS) is 15.3. The van der Waals surface area contributed by atoms with Crippen LogP contribution in [-0.2, 0) is 23.1 Å². The van der Waals surface area contributed by atoms with E-state index in [-0.39, 0.29) is 50.6 Å². The summed E-state index contributed by atoms with van der Waals surface area (Å²) in [6, 6.07) is 6.81. The molecule has 1 saturated heterocycles. The second-order valence-electron chi connectivity index (χ2n) is 10.9. The van der Waals surface area contributed by atoms with E-state index in [4.69, 9.17) is 27.9 Å². The van der Waals surface area contributed by atoms with E-state index in [1.54, 1.807) is 47.7 Å². The summed E-state index contributed by atoms with van der Waals surface area (Å²) in [6.07, 6.45) is -0.593. The van der Waals surface area contributed by atoms with Crippen LogP contribution in [0.3, 0.4) is 0 Å². The number of aromatic nitrogens is 2. The fourth-order valence-corrected chi connectivity index (χ4v) is 4.98. The van der Waals surface area contributed by atoms with Crippen molar-refractivity contribution in [1.29, 1.82) is 0 Å². The molecule has 0 aliphatic carbocycles. The third-order valence-electron chi connectivity index (χ3n) is 6.86. The van der Waals surface area contributed by atoms with Crippen LogP contribution in [0.25, 0.3) is 11.0 Å². The van der Waals surface area contributed by atoms with Gasteiger partial charge in [0.15, 0.2) is 0 Å². The van der Waals surface area contributed by atoms with Crippen LogP contribution < -0.4 is 15.5 Å². The molecule has 1 aromatic heterocycles. The van der Waals surface area contributed by atoms with E-state index in [2.05, 4.69) is 15.6 Å². The van der Waals surface area contributed by atoms with Gasteiger partial charge in [0.25, 0.3) is 5.92 Å². The molecule has 0 atom stereocenters. The van der Waals surface area contributed by atoms with Gasteiger partial charge in [-0.2, -0.15) is 0 Å². The first kappa shape index (κ1) is 29.9. The number of hydrogen-bond donors (Lipinski definition) is 2. The number of benzene rings is 2. The van der Waals surface area contributed by atoms with Crippen LogP contribution in [0.4, 0.5) is 26.1 Å². The molecule has 0 radical (unpaired) electrons. The lowest BCUT2D eigenvalue weighted by molar-refractivity contribution is -0.128. The van der Waals surface area contributed by atoms with Crippen LogP contribution in [0, 0.1) is 5.41 Å². The number of carbonyl (C=O) groups is 2. The highest BCUT2D eigenvalue weighted by Crippen LogP contribution is 2.38. The molecule has 216 valence electrons. The van der Waals surface area contributed by atoms with Crippen molar-refractivity contribution in [1.82, 2.24) is 14.9 Å². The number of rotatable bonds is 7. The Kier molecular flexibility index (Phi) is 8.52. The Balaban J connectivity index is 1.69. The summed E-state index contributed by atoms with van der Waals surface area (Å²) in [7, 11) is 1.78. The Labute approximate surface area is 242 Å². The smallest absolute Gasteiger partial charge is 0.340 e. The number of fused-ring (bicyclic) bond motifs is 1. The zero-order valence-electron chi connectivity index (χ0n) is 23.1. The molecule has 0 bridgehead atoms. The predicted molar refractivity (Wildman–Crippen MR) is 154 cm³/mol. The summed E-state index contributed by atoms with van der Waals surface area (Å²) < 4.78 is 34.7. The average molecular weight is 597 g/mol. The fraction of sp³-hybridized carbons (Fsp3) is 0.464. The molecule has 1 aliphatic rings. The van der Waals surface area contributed by atoms with Gasteiger partial charge in [-0.25, -0.2) is 18.6 Å². The van der Waals surface area contributed by atoms with Gasteiger partial charge in [-0.15, -0.1) is 0 Å². The number of esters is 1. The van der Waals surface area contributed by atoms with Crippen molar-refractivity contribution in [3.05, 3.63) is 45.4 Å². The first-order chi connectivity index (χ1) is 18.7. The van der Waals surface area contributed by atoms with Crippen LogP contribution in [0.2, 0.25) is 10.0 Å². The van der Waals surface area contributed by atoms with Gasteiger partial charge < -0.3 is 24.8 Å². The number of aryl methyl sites for hydroxylation is 1. The summed E-state index contributed by atoms with van der Waals surface area (Å²) >= 11 is 13.2. The Bertz CT molecular complexity index is 1440. The molecule has 2 N–H and O–H groups in total. The number of halogens is 4. The third-order valence-corrected chi connectivity index (χ3v) is 7.60. The average Bonchev–Trinajstić information content (AvgIpc) is 3.19. The summed E-state index contributed by atoms with van der Waals surface area (Å²) in [5, 5.41) is 6.75. The van der Waals surface area contributed by atoms with Crippen molar-refractivity contribution >= 4 is 63.4 Å². The lowest BCUT2D eigenvalue weighted by atomic mass is 9.95. The van der Waals surface area contributed by atoms with Gasteiger partial charge in [0, 0.05) is 44.9 Å². The minimum absolute atomic E-state index is 0.109. The molecule has 2 aromatic carbocycles. The van der Waals surface area contributed by atoms with Gasteiger partial charge in [0.1, 0.15) is 0 Å². The quantitative estimate of drug-likeness (QED) is 0.295. The Morgan fingerprint density at radius 1 is 1.15 bits per heavy atom. The van der Waals surface area contributed by atoms with Gasteiger partial charge in [-0.05, 0) is 30.7 Å². The van der Waals surface area contributed by atoms with Crippen LogP contribution in [0.15, 0.2) is 24.3 Å². The first-order valence-electron chi connectivity index (χ1n) is 13.0. The highest BCUT2D eigenvalue weighted by molar-refractivity contribution is 6.39. The Morgan fingerprint density at radius 2 is 1.82 bits per heavy atom. The van der Waals surface area contributed by atoms with Crippen LogP contribution in [-0.4, -0.2) is 47.0 Å². The number of amides is 1. The van der Waals surface area contributed by atoms with E-state index in [0.717, 1.165) is 0 Å². The van der Waals surface area contributed by atoms with Crippen molar-refractivity contribution in [2.45, 2.75) is 53.0 Å². The number of nitrogens with one attached hydrogen (secondary N) is 2. The van der Waals surface area contributed by atoms with Crippen molar-refractivity contribution in [3.8, 4) is 0 Å². The summed E-state index contributed by atoms with van der Waals surface area (Å²) in [5.41, 5.74) is 2.47. The van der Waals surface area contributed by atoms with E-state index in [0.29, 0.717) is 44.0 Å². The Morgan fingerprint density at radius 3 is 2.45 bits per heavy atom. The predicted octanol–water partition coefficient (Wildman–Crippen LogP) is 6.70. The maximum Gasteiger partial charge on any atom is 0.340 e. The zero-order chi connectivity index (χ0) is 29.4. The highest BCUT2D eigenvalue weighted by atomic mass is 35.5. The molecular weight excluding hydrogens is 563 g/mol. The van der Waals surface area contributed by atoms with Gasteiger partial charge >= 0.3 is 5.97 Å². The van der Waals surface area contributed by atoms with Crippen LogP contribution in [0.1, 0.15) is 56.5 Å². The van der Waals surface area contributed by atoms with Gasteiger partial charge in [-0.1, -0.05) is 50.0 Å². The zero-order valence-corrected chi connectivity index (χ0v) is 24.6. The Hall–Kier alpha value is -3.11. The number of piperidine rings is 1. The van der Waals surface area contributed by atoms with E-state index < -0.39 is 17.3 Å². The van der Waals surface area contributed by atoms with E-state index in [9.17, 15) is 18.4 Å². The molecular formula is C28H33Cl2F2N5O3. The monoisotopic (exact) mass is 595 g/mol. The van der Waals surface area contributed by atoms with E-state index in [1.807, 2.05) is 20.8 Å². The SMILES string of the molecule is CCOC(=O)c1cc2nc(Nc3c(Cl)ccc(CNC(=O)C(C)(C)C)c3Cl)n(C)c2cc1N1CCC(F)(F)CC1. The number of imidazole rings is 1. The number of alkyl halides is 2. The first-order valence-corrected chi connectivity index (χ1v) is 13.8. The van der Waals surface area contributed by atoms with Gasteiger partial charge in [0.2, 0.25) is 11.9 Å². The maximum atomic E-state index is 13.9. The molecule has 0 spiro atoms. The fourth-order valence-electron chi connectivity index (χ4n) is 4.45. The molecule has 0 unspecified atom stereocenters. The number of nitrogens with zero attached hydrogens (tertiary/aromatic N) is 3. The maximum absolute atomic E-state index is 13.9. The minimum Gasteiger partial charge on any atom is -0.462 e. The molecule has 2 heterocycles. The van der Waals surface area contributed by atoms with Gasteiger partial charge in [0.05, 0.1) is 44.6 Å². The minimum atomic E-state index is -2.73. The van der Waals surface area contributed by atoms with Crippen LogP contribution in [0.5, 0.6) is 0 Å². The molecule has 12 heteroatoms. The lowest BCUT2D eigenvalue weighted by Crippen LogP contribution is -2.40. The van der Waals surface area contributed by atoms with Crippen molar-refractivity contribution < 1.29 is 23.1 Å². The van der Waals surface area contributed by atoms with Crippen molar-refractivity contribution in [2.75, 3.05) is 29.9 Å². The number of anilines is 3. The molecule has 40 heavy (non-hydrogen) atoms. The molecule has 3 aromatic rings. The topological polar surface area (TPSA) is 88.5 Å². The van der Waals surface area contributed by atoms with Crippen molar-refractivity contribution in [2.24, 2.45) is 12.5 Å². The van der Waals surface area contributed by atoms with Crippen molar-refractivity contribution in [3.63, 3.8) is 0 Å². The third kappa shape index (κ3) is 6.28. The lowest BCUT2D eigenvalue weighted by Gasteiger charge is -2.34. The molecule has 1 fully saturated rings. The summed E-state index contributed by atoms with van der Waals surface area (Å²) in [4.78, 5) is 31.6. The molecule has 1 amide bonds. The van der Waals surface area contributed by atoms with E-state index in [1.165, 1.54) is 0 Å². The highest BCUT2D eigenvalue weighted by Gasteiger charge is 2.35. The second-order valence-corrected chi connectivity index (χ2v) is 11.7. The van der Waals surface area contributed by atoms with Crippen LogP contribution >= 0.6 is 23.2 Å². The standard InChI is InChI=1S/C28H33Cl2F2N5O3/c1-6-40-24(38)17-13-19-21(14-20(17)37-11-9-28(31,32)10-12-37)36(5)26(34-19)35-23-18(29)8-7-16(22(23)30)15-33-25(39)27(2,3)4/h7-8,13-14H,6,9-12,15H2,1-5H3,(H,33,39)(H,34,35). The molecule has 4 rings (SSSR count). The van der Waals surface area contributed by atoms with E-state index >= 15 is 0 Å².